The van der Waals surface area contributed by atoms with Gasteiger partial charge in [0.25, 0.3) is 11.9 Å². The second kappa shape index (κ2) is 9.79. The number of halogens is 8. The summed E-state index contributed by atoms with van der Waals surface area (Å²) in [5.41, 5.74) is 0. The van der Waals surface area contributed by atoms with E-state index >= 15 is 0 Å². The van der Waals surface area contributed by atoms with E-state index in [1.807, 2.05) is 0 Å². The molecule has 0 aromatic rings. The Hall–Kier alpha value is -1.41. The monoisotopic (exact) mass is 272 g/mol. The number of alkyl halides is 3. The fraction of sp³-hybridized carbons (Fsp3) is 0.375. The molecule has 0 heterocycles. The Morgan fingerprint density at radius 1 is 0.941 bits per heavy atom. The molecule has 0 saturated carbocycles. The Bertz CT molecular complexity index is 254. The zero-order chi connectivity index (χ0) is 14.8. The number of rotatable bonds is 0. The lowest BCUT2D eigenvalue weighted by Gasteiger charge is -1.98. The SMILES string of the molecule is C=C(F)F.CC(C)=O.FC(F)=C(F)C(F)(F)F. The van der Waals surface area contributed by atoms with Gasteiger partial charge in [0.2, 0.25) is 0 Å². The number of Topliss-reactive ketones (excluding diaryl/α,β-unsaturated/α-hetero) is 1. The first-order valence-electron chi connectivity index (χ1n) is 3.57. The Kier molecular flexibility index (Phi) is 12.1. The van der Waals surface area contributed by atoms with Crippen molar-refractivity contribution >= 4 is 5.78 Å². The third-order valence-corrected chi connectivity index (χ3v) is 0.415. The minimum Gasteiger partial charge on any atom is -0.300 e. The second-order valence-corrected chi connectivity index (χ2v) is 2.32. The van der Waals surface area contributed by atoms with Crippen LogP contribution in [0.15, 0.2) is 24.6 Å². The highest BCUT2D eigenvalue weighted by Gasteiger charge is 2.38. The molecule has 1 nitrogen and oxygen atoms in total. The van der Waals surface area contributed by atoms with E-state index in [9.17, 15) is 39.9 Å². The molecule has 0 rings (SSSR count). The van der Waals surface area contributed by atoms with E-state index in [0.29, 0.717) is 0 Å². The molecular formula is C8H8F8O. The lowest BCUT2D eigenvalue weighted by molar-refractivity contribution is -0.115. The highest BCUT2D eigenvalue weighted by Crippen LogP contribution is 2.29. The van der Waals surface area contributed by atoms with E-state index < -0.39 is 24.2 Å². The summed E-state index contributed by atoms with van der Waals surface area (Å²) in [5, 5.41) is 0. The highest BCUT2D eigenvalue weighted by molar-refractivity contribution is 5.72. The largest absolute Gasteiger partial charge is 0.448 e. The maximum atomic E-state index is 11.0. The van der Waals surface area contributed by atoms with Gasteiger partial charge >= 0.3 is 12.3 Å². The summed E-state index contributed by atoms with van der Waals surface area (Å²) in [4.78, 5) is 9.44. The lowest BCUT2D eigenvalue weighted by Crippen LogP contribution is -2.08. The van der Waals surface area contributed by atoms with Gasteiger partial charge in [-0.3, -0.25) is 0 Å². The van der Waals surface area contributed by atoms with Gasteiger partial charge in [-0.05, 0) is 20.4 Å². The molecule has 0 amide bonds. The van der Waals surface area contributed by atoms with Gasteiger partial charge in [-0.2, -0.15) is 35.1 Å². The van der Waals surface area contributed by atoms with Crippen LogP contribution in [0.5, 0.6) is 0 Å². The third kappa shape index (κ3) is 31.3. The average Bonchev–Trinajstić information content (AvgIpc) is 1.98. The molecule has 0 radical (unpaired) electrons. The predicted molar refractivity (Wildman–Crippen MR) is 44.1 cm³/mol. The molecule has 0 aromatic heterocycles. The van der Waals surface area contributed by atoms with Crippen molar-refractivity contribution in [3.05, 3.63) is 24.6 Å². The standard InChI is InChI=1S/C3F6.C3H6O.C2H2F2/c4-1(2(5)6)3(7,8)9;1-3(2)4;1-2(3)4/h;1-2H3;1H2. The molecule has 0 bridgehead atoms. The molecule has 102 valence electrons. The average molecular weight is 272 g/mol. The molecular weight excluding hydrogens is 264 g/mol. The Balaban J connectivity index is -0.000000205. The molecule has 0 unspecified atom stereocenters. The van der Waals surface area contributed by atoms with Crippen LogP contribution in [0.2, 0.25) is 0 Å². The van der Waals surface area contributed by atoms with Crippen LogP contribution in [-0.4, -0.2) is 12.0 Å². The molecule has 0 spiro atoms. The molecule has 9 heteroatoms. The van der Waals surface area contributed by atoms with Crippen molar-refractivity contribution in [2.24, 2.45) is 0 Å². The molecule has 0 aliphatic carbocycles. The van der Waals surface area contributed by atoms with Crippen LogP contribution >= 0.6 is 0 Å². The summed E-state index contributed by atoms with van der Waals surface area (Å²) in [7, 11) is 0. The number of carbonyl (C=O) groups excluding carboxylic acids is 1. The minimum absolute atomic E-state index is 0.167. The van der Waals surface area contributed by atoms with E-state index in [4.69, 9.17) is 0 Å². The smallest absolute Gasteiger partial charge is 0.300 e. The first-order chi connectivity index (χ1) is 7.32. The first kappa shape index (κ1) is 20.9. The van der Waals surface area contributed by atoms with Crippen LogP contribution in [0, 0.1) is 0 Å². The maximum Gasteiger partial charge on any atom is 0.448 e. The highest BCUT2D eigenvalue weighted by atomic mass is 19.4. The second-order valence-electron chi connectivity index (χ2n) is 2.32. The van der Waals surface area contributed by atoms with E-state index in [1.54, 1.807) is 0 Å². The predicted octanol–water partition coefficient (Wildman–Crippen LogP) is 4.62. The Morgan fingerprint density at radius 2 is 1.12 bits per heavy atom. The van der Waals surface area contributed by atoms with E-state index in [0.717, 1.165) is 0 Å². The zero-order valence-corrected chi connectivity index (χ0v) is 8.64. The zero-order valence-electron chi connectivity index (χ0n) is 8.64. The Labute approximate surface area is 91.4 Å². The Morgan fingerprint density at radius 3 is 1.12 bits per heavy atom. The van der Waals surface area contributed by atoms with Crippen molar-refractivity contribution < 1.29 is 39.9 Å². The normalized spacial score (nSPS) is 9.06. The van der Waals surface area contributed by atoms with Crippen LogP contribution in [0.25, 0.3) is 0 Å². The summed E-state index contributed by atoms with van der Waals surface area (Å²) in [6.07, 6.45) is -10.7. The topological polar surface area (TPSA) is 17.1 Å². The van der Waals surface area contributed by atoms with Crippen LogP contribution in [0.3, 0.4) is 0 Å². The van der Waals surface area contributed by atoms with Crippen LogP contribution in [-0.2, 0) is 4.79 Å². The van der Waals surface area contributed by atoms with E-state index in [2.05, 4.69) is 6.58 Å². The molecule has 0 aliphatic rings. The van der Waals surface area contributed by atoms with Gasteiger partial charge < -0.3 is 4.79 Å². The molecule has 0 fully saturated rings. The number of hydrogen-bond donors (Lipinski definition) is 0. The van der Waals surface area contributed by atoms with Crippen molar-refractivity contribution in [2.45, 2.75) is 20.0 Å². The number of ketones is 1. The summed E-state index contributed by atoms with van der Waals surface area (Å²) in [6.45, 7) is 5.28. The minimum atomic E-state index is -5.56. The van der Waals surface area contributed by atoms with Crippen molar-refractivity contribution in [2.75, 3.05) is 0 Å². The summed E-state index contributed by atoms with van der Waals surface area (Å²) in [5.74, 6) is -3.16. The maximum absolute atomic E-state index is 11.0. The molecule has 0 aromatic carbocycles. The molecule has 0 N–H and O–H groups in total. The first-order valence-corrected chi connectivity index (χ1v) is 3.57. The van der Waals surface area contributed by atoms with E-state index in [1.165, 1.54) is 13.8 Å². The van der Waals surface area contributed by atoms with Crippen molar-refractivity contribution in [1.29, 1.82) is 0 Å². The molecule has 0 atom stereocenters. The summed E-state index contributed by atoms with van der Waals surface area (Å²) < 4.78 is 85.1. The van der Waals surface area contributed by atoms with Gasteiger partial charge in [-0.25, -0.2) is 0 Å². The summed E-state index contributed by atoms with van der Waals surface area (Å²) >= 11 is 0. The van der Waals surface area contributed by atoms with Crippen molar-refractivity contribution in [3.8, 4) is 0 Å². The third-order valence-electron chi connectivity index (χ3n) is 0.415. The quantitative estimate of drug-likeness (QED) is 0.588. The van der Waals surface area contributed by atoms with Crippen LogP contribution in [0.1, 0.15) is 13.8 Å². The molecule has 0 aliphatic heterocycles. The number of carbonyl (C=O) groups is 1. The van der Waals surface area contributed by atoms with Gasteiger partial charge in [-0.15, -0.1) is 0 Å². The van der Waals surface area contributed by atoms with Crippen LogP contribution in [0.4, 0.5) is 35.1 Å². The van der Waals surface area contributed by atoms with Gasteiger partial charge in [0, 0.05) is 0 Å². The van der Waals surface area contributed by atoms with Gasteiger partial charge in [-0.1, -0.05) is 0 Å². The fourth-order valence-corrected chi connectivity index (χ4v) is 0.107. The van der Waals surface area contributed by atoms with Gasteiger partial charge in [0.1, 0.15) is 5.78 Å². The van der Waals surface area contributed by atoms with Crippen molar-refractivity contribution in [3.63, 3.8) is 0 Å². The lowest BCUT2D eigenvalue weighted by atomic mass is 10.6. The molecule has 0 saturated heterocycles. The van der Waals surface area contributed by atoms with Crippen molar-refractivity contribution in [1.82, 2.24) is 0 Å². The van der Waals surface area contributed by atoms with Gasteiger partial charge in [0.05, 0.1) is 0 Å². The molecule has 17 heavy (non-hydrogen) atoms. The fourth-order valence-electron chi connectivity index (χ4n) is 0.107. The number of allylic oxidation sites excluding steroid dienone is 1. The number of hydrogen-bond acceptors (Lipinski definition) is 1. The van der Waals surface area contributed by atoms with E-state index in [-0.39, 0.29) is 5.78 Å². The summed E-state index contributed by atoms with van der Waals surface area (Å²) in [6, 6.07) is 0. The van der Waals surface area contributed by atoms with Gasteiger partial charge in [0.15, 0.2) is 0 Å². The van der Waals surface area contributed by atoms with Crippen LogP contribution < -0.4 is 0 Å².